The fourth-order valence-corrected chi connectivity index (χ4v) is 2.80. The van der Waals surface area contributed by atoms with Crippen molar-refractivity contribution in [2.24, 2.45) is 5.73 Å². The molecule has 0 aromatic carbocycles. The van der Waals surface area contributed by atoms with Crippen molar-refractivity contribution in [2.75, 3.05) is 6.61 Å². The number of aliphatic hydroxyl groups excluding tert-OH is 3. The summed E-state index contributed by atoms with van der Waals surface area (Å²) in [6, 6.07) is 0. The molecule has 2 rings (SSSR count). The molecule has 6 N–H and O–H groups in total. The minimum atomic E-state index is -4.75. The molecular weight excluding hydrogens is 262 g/mol. The third kappa shape index (κ3) is 1.68. The SMILES string of the molecule is N[C@]12OS(=O)(=O)O[C@](O)([C@@H]1O)[C@@H](CO)O[C@H]2O. The van der Waals surface area contributed by atoms with Gasteiger partial charge in [-0.15, -0.1) is 0 Å². The molecule has 5 atom stereocenters. The molecule has 0 aromatic rings. The van der Waals surface area contributed by atoms with E-state index in [4.69, 9.17) is 10.8 Å². The standard InChI is InChI=1S/C6H11NO9S/c7-5-3(9)6(11,16-17(12,13)15-5)2(1-8)14-4(5)10/h2-4,8-11H,1,7H2/t2-,3-,4-,5+,6+/m1/s1. The lowest BCUT2D eigenvalue weighted by molar-refractivity contribution is -0.410. The number of fused-ring (bicyclic) bond motifs is 2. The Bertz CT molecular complexity index is 425. The summed E-state index contributed by atoms with van der Waals surface area (Å²) in [5.41, 5.74) is 2.70. The van der Waals surface area contributed by atoms with Crippen molar-refractivity contribution < 1.29 is 41.9 Å². The van der Waals surface area contributed by atoms with Gasteiger partial charge in [-0.3, -0.25) is 5.73 Å². The zero-order valence-electron chi connectivity index (χ0n) is 8.25. The molecule has 0 saturated carbocycles. The van der Waals surface area contributed by atoms with Gasteiger partial charge in [0, 0.05) is 0 Å². The van der Waals surface area contributed by atoms with E-state index in [1.165, 1.54) is 0 Å². The summed E-state index contributed by atoms with van der Waals surface area (Å²) in [6.45, 7) is -0.920. The molecule has 0 spiro atoms. The first-order chi connectivity index (χ1) is 7.66. The molecule has 2 heterocycles. The monoisotopic (exact) mass is 273 g/mol. The number of rotatable bonds is 1. The first-order valence-corrected chi connectivity index (χ1v) is 5.79. The van der Waals surface area contributed by atoms with Gasteiger partial charge in [-0.2, -0.15) is 8.42 Å². The van der Waals surface area contributed by atoms with E-state index in [1.807, 2.05) is 0 Å². The predicted octanol–water partition coefficient (Wildman–Crippen LogP) is -4.31. The van der Waals surface area contributed by atoms with Crippen molar-refractivity contribution in [1.82, 2.24) is 0 Å². The number of ether oxygens (including phenoxy) is 1. The van der Waals surface area contributed by atoms with Gasteiger partial charge in [0.25, 0.3) is 0 Å². The maximum Gasteiger partial charge on any atom is 0.404 e. The van der Waals surface area contributed by atoms with Crippen LogP contribution in [0.4, 0.5) is 0 Å². The van der Waals surface area contributed by atoms with Gasteiger partial charge in [0.2, 0.25) is 17.8 Å². The first-order valence-electron chi connectivity index (χ1n) is 4.45. The fourth-order valence-electron chi connectivity index (χ4n) is 1.71. The smallest absolute Gasteiger partial charge is 0.393 e. The molecule has 0 aliphatic carbocycles. The van der Waals surface area contributed by atoms with Gasteiger partial charge < -0.3 is 25.2 Å². The Hall–Kier alpha value is -0.370. The van der Waals surface area contributed by atoms with E-state index in [-0.39, 0.29) is 0 Å². The summed E-state index contributed by atoms with van der Waals surface area (Å²) in [6.07, 6.45) is -5.92. The molecule has 0 unspecified atom stereocenters. The lowest BCUT2D eigenvalue weighted by atomic mass is 9.91. The molecule has 2 fully saturated rings. The van der Waals surface area contributed by atoms with Crippen LogP contribution in [0.2, 0.25) is 0 Å². The maximum atomic E-state index is 11.2. The molecule has 0 aromatic heterocycles. The number of hydrogen-bond acceptors (Lipinski definition) is 10. The van der Waals surface area contributed by atoms with E-state index in [2.05, 4.69) is 13.1 Å². The van der Waals surface area contributed by atoms with Gasteiger partial charge in [0.15, 0.2) is 6.10 Å². The second kappa shape index (κ2) is 3.57. The zero-order valence-corrected chi connectivity index (χ0v) is 9.07. The summed E-state index contributed by atoms with van der Waals surface area (Å²) in [5.74, 6) is -2.83. The van der Waals surface area contributed by atoms with E-state index < -0.39 is 47.0 Å². The minimum Gasteiger partial charge on any atom is -0.393 e. The molecular formula is C6H11NO9S. The highest BCUT2D eigenvalue weighted by molar-refractivity contribution is 7.82. The Morgan fingerprint density at radius 1 is 1.29 bits per heavy atom. The second-order valence-corrected chi connectivity index (χ2v) is 4.89. The molecule has 2 aliphatic heterocycles. The highest BCUT2D eigenvalue weighted by Crippen LogP contribution is 2.42. The molecule has 0 amide bonds. The maximum absolute atomic E-state index is 11.2. The predicted molar refractivity (Wildman–Crippen MR) is 46.9 cm³/mol. The molecule has 2 bridgehead atoms. The van der Waals surface area contributed by atoms with Crippen molar-refractivity contribution in [3.05, 3.63) is 0 Å². The van der Waals surface area contributed by atoms with Gasteiger partial charge in [-0.1, -0.05) is 0 Å². The molecule has 2 saturated heterocycles. The Morgan fingerprint density at radius 3 is 2.41 bits per heavy atom. The van der Waals surface area contributed by atoms with Crippen molar-refractivity contribution >= 4 is 10.4 Å². The lowest BCUT2D eigenvalue weighted by Crippen LogP contribution is -2.81. The van der Waals surface area contributed by atoms with Crippen LogP contribution in [0.3, 0.4) is 0 Å². The van der Waals surface area contributed by atoms with Gasteiger partial charge >= 0.3 is 10.4 Å². The number of aliphatic hydroxyl groups is 4. The van der Waals surface area contributed by atoms with Crippen LogP contribution in [0, 0.1) is 0 Å². The molecule has 11 heteroatoms. The Labute approximate surface area is 95.5 Å². The zero-order chi connectivity index (χ0) is 13.1. The van der Waals surface area contributed by atoms with E-state index in [0.29, 0.717) is 0 Å². The number of hydrogen-bond donors (Lipinski definition) is 5. The van der Waals surface area contributed by atoms with Crippen LogP contribution in [0.5, 0.6) is 0 Å². The average molecular weight is 273 g/mol. The summed E-state index contributed by atoms with van der Waals surface area (Å²) < 4.78 is 35.3. The Balaban J connectivity index is 2.53. The summed E-state index contributed by atoms with van der Waals surface area (Å²) >= 11 is 0. The Kier molecular flexibility index (Phi) is 2.74. The van der Waals surface area contributed by atoms with Crippen LogP contribution in [0.1, 0.15) is 0 Å². The van der Waals surface area contributed by atoms with E-state index in [1.54, 1.807) is 0 Å². The molecule has 10 nitrogen and oxygen atoms in total. The third-order valence-corrected chi connectivity index (χ3v) is 3.57. The average Bonchev–Trinajstić information content (AvgIpc) is 2.19. The van der Waals surface area contributed by atoms with Crippen LogP contribution < -0.4 is 5.73 Å². The van der Waals surface area contributed by atoms with Gasteiger partial charge in [-0.05, 0) is 0 Å². The third-order valence-electron chi connectivity index (χ3n) is 2.61. The van der Waals surface area contributed by atoms with E-state index in [9.17, 15) is 23.7 Å². The van der Waals surface area contributed by atoms with E-state index >= 15 is 0 Å². The summed E-state index contributed by atoms with van der Waals surface area (Å²) in [4.78, 5) is 0. The van der Waals surface area contributed by atoms with Crippen LogP contribution in [0.25, 0.3) is 0 Å². The molecule has 0 radical (unpaired) electrons. The molecule has 100 valence electrons. The highest BCUT2D eigenvalue weighted by atomic mass is 32.3. The van der Waals surface area contributed by atoms with Gasteiger partial charge in [-0.25, -0.2) is 8.37 Å². The van der Waals surface area contributed by atoms with Gasteiger partial charge in [0.05, 0.1) is 6.61 Å². The number of nitrogens with two attached hydrogens (primary N) is 1. The highest BCUT2D eigenvalue weighted by Gasteiger charge is 2.70. The van der Waals surface area contributed by atoms with E-state index in [0.717, 1.165) is 0 Å². The lowest BCUT2D eigenvalue weighted by Gasteiger charge is -2.53. The summed E-state index contributed by atoms with van der Waals surface area (Å²) in [5, 5.41) is 37.8. The fraction of sp³-hybridized carbons (Fsp3) is 1.00. The molecule has 17 heavy (non-hydrogen) atoms. The van der Waals surface area contributed by atoms with Crippen LogP contribution in [-0.4, -0.2) is 65.5 Å². The van der Waals surface area contributed by atoms with Crippen LogP contribution in [-0.2, 0) is 23.5 Å². The normalized spacial score (nSPS) is 53.4. The summed E-state index contributed by atoms with van der Waals surface area (Å²) in [7, 11) is -4.75. The van der Waals surface area contributed by atoms with Crippen molar-refractivity contribution in [2.45, 2.75) is 30.0 Å². The van der Waals surface area contributed by atoms with Gasteiger partial charge in [0.1, 0.15) is 6.10 Å². The van der Waals surface area contributed by atoms with Crippen LogP contribution >= 0.6 is 0 Å². The quantitative estimate of drug-likeness (QED) is 0.315. The first kappa shape index (κ1) is 13.1. The van der Waals surface area contributed by atoms with Crippen LogP contribution in [0.15, 0.2) is 0 Å². The topological polar surface area (TPSA) is 169 Å². The second-order valence-electron chi connectivity index (χ2n) is 3.74. The molecule has 2 aliphatic rings. The van der Waals surface area contributed by atoms with Crippen molar-refractivity contribution in [3.8, 4) is 0 Å². The largest absolute Gasteiger partial charge is 0.404 e. The Morgan fingerprint density at radius 2 is 1.88 bits per heavy atom. The van der Waals surface area contributed by atoms with Crippen molar-refractivity contribution in [3.63, 3.8) is 0 Å². The van der Waals surface area contributed by atoms with Crippen molar-refractivity contribution in [1.29, 1.82) is 0 Å². The minimum absolute atomic E-state index is 0.920.